The summed E-state index contributed by atoms with van der Waals surface area (Å²) in [6, 6.07) is 1.25. The molecule has 1 aliphatic rings. The Morgan fingerprint density at radius 3 is 2.52 bits per heavy atom. The van der Waals surface area contributed by atoms with Crippen LogP contribution in [0.3, 0.4) is 0 Å². The molecule has 1 fully saturated rings. The Hall–Kier alpha value is -3.29. The molecule has 1 aromatic carbocycles. The predicted molar refractivity (Wildman–Crippen MR) is 89.0 cm³/mol. The zero-order valence-electron chi connectivity index (χ0n) is 15.3. The molecule has 1 aliphatic heterocycles. The first kappa shape index (κ1) is 22.0. The van der Waals surface area contributed by atoms with Gasteiger partial charge in [0.1, 0.15) is 11.9 Å². The molecule has 1 saturated heterocycles. The highest BCUT2D eigenvalue weighted by Gasteiger charge is 2.39. The summed E-state index contributed by atoms with van der Waals surface area (Å²) in [5.41, 5.74) is -2.92. The summed E-state index contributed by atoms with van der Waals surface area (Å²) in [6.45, 7) is 1.61. The number of hydrogen-bond acceptors (Lipinski definition) is 5. The molecule has 1 unspecified atom stereocenters. The third-order valence-corrected chi connectivity index (χ3v) is 4.33. The van der Waals surface area contributed by atoms with Crippen LogP contribution in [0.1, 0.15) is 35.7 Å². The molecule has 0 radical (unpaired) electrons. The van der Waals surface area contributed by atoms with Crippen molar-refractivity contribution in [1.82, 2.24) is 4.90 Å². The fourth-order valence-electron chi connectivity index (χ4n) is 2.89. The summed E-state index contributed by atoms with van der Waals surface area (Å²) in [5.74, 6) is 0.387. The minimum atomic E-state index is -5.27. The number of ether oxygens (including phenoxy) is 1. The number of esters is 1. The number of hydrogen-bond donors (Lipinski definition) is 1. The van der Waals surface area contributed by atoms with Gasteiger partial charge in [-0.05, 0) is 31.9 Å². The first-order chi connectivity index (χ1) is 13.4. The number of benzene rings is 1. The van der Waals surface area contributed by atoms with Gasteiger partial charge in [0.15, 0.2) is 0 Å². The number of nitrogens with zero attached hydrogens (tertiary/aromatic N) is 1. The average Bonchev–Trinajstić information content (AvgIpc) is 3.01. The Balaban J connectivity index is 2.61. The SMILES string of the molecule is COC(=O)c1cc(F)cc(NC(=O)C(F)(F)F)c1C#CC1(C)CCCN1C(=O)[O-]. The van der Waals surface area contributed by atoms with Crippen molar-refractivity contribution in [3.63, 3.8) is 0 Å². The molecule has 7 nitrogen and oxygen atoms in total. The molecule has 1 aromatic rings. The van der Waals surface area contributed by atoms with Crippen LogP contribution in [0.4, 0.5) is 28.0 Å². The van der Waals surface area contributed by atoms with Gasteiger partial charge in [-0.15, -0.1) is 0 Å². The molecule has 29 heavy (non-hydrogen) atoms. The zero-order valence-corrected chi connectivity index (χ0v) is 15.3. The van der Waals surface area contributed by atoms with Gasteiger partial charge in [0, 0.05) is 6.54 Å². The second-order valence-corrected chi connectivity index (χ2v) is 6.36. The quantitative estimate of drug-likeness (QED) is 0.450. The monoisotopic (exact) mass is 415 g/mol. The second kappa shape index (κ2) is 7.98. The van der Waals surface area contributed by atoms with Crippen molar-refractivity contribution in [3.8, 4) is 11.8 Å². The van der Waals surface area contributed by atoms with Crippen LogP contribution in [0.2, 0.25) is 0 Å². The number of methoxy groups -OCH3 is 1. The number of halogens is 4. The fourth-order valence-corrected chi connectivity index (χ4v) is 2.89. The lowest BCUT2D eigenvalue weighted by molar-refractivity contribution is -0.267. The predicted octanol–water partition coefficient (Wildman–Crippen LogP) is 1.66. The van der Waals surface area contributed by atoms with Crippen LogP contribution >= 0.6 is 0 Å². The molecule has 0 spiro atoms. The minimum absolute atomic E-state index is 0.137. The van der Waals surface area contributed by atoms with Gasteiger partial charge >= 0.3 is 18.1 Å². The number of amides is 2. The summed E-state index contributed by atoms with van der Waals surface area (Å²) in [4.78, 5) is 35.5. The van der Waals surface area contributed by atoms with Gasteiger partial charge in [0.2, 0.25) is 0 Å². The van der Waals surface area contributed by atoms with Crippen LogP contribution in [0, 0.1) is 17.7 Å². The Morgan fingerprint density at radius 1 is 1.31 bits per heavy atom. The lowest BCUT2D eigenvalue weighted by atomic mass is 9.97. The van der Waals surface area contributed by atoms with Gasteiger partial charge in [-0.3, -0.25) is 4.79 Å². The number of alkyl halides is 3. The molecule has 2 rings (SSSR count). The largest absolute Gasteiger partial charge is 0.530 e. The molecule has 0 bridgehead atoms. The summed E-state index contributed by atoms with van der Waals surface area (Å²) in [6.07, 6.45) is -6.00. The van der Waals surface area contributed by atoms with Crippen molar-refractivity contribution in [2.45, 2.75) is 31.5 Å². The number of carbonyl (C=O) groups is 3. The van der Waals surface area contributed by atoms with E-state index < -0.39 is 52.3 Å². The van der Waals surface area contributed by atoms with Crippen molar-refractivity contribution in [2.24, 2.45) is 0 Å². The fraction of sp³-hybridized carbons (Fsp3) is 0.389. The van der Waals surface area contributed by atoms with Gasteiger partial charge in [-0.1, -0.05) is 11.8 Å². The van der Waals surface area contributed by atoms with E-state index in [1.807, 2.05) is 0 Å². The van der Waals surface area contributed by atoms with Crippen LogP contribution in [0.15, 0.2) is 12.1 Å². The van der Waals surface area contributed by atoms with E-state index >= 15 is 0 Å². The van der Waals surface area contributed by atoms with Crippen molar-refractivity contribution >= 4 is 23.7 Å². The molecule has 11 heteroatoms. The molecule has 1 heterocycles. The van der Waals surface area contributed by atoms with Gasteiger partial charge in [-0.2, -0.15) is 13.2 Å². The highest BCUT2D eigenvalue weighted by Crippen LogP contribution is 2.29. The second-order valence-electron chi connectivity index (χ2n) is 6.36. The van der Waals surface area contributed by atoms with Crippen molar-refractivity contribution in [2.75, 3.05) is 19.0 Å². The van der Waals surface area contributed by atoms with Crippen LogP contribution in [-0.4, -0.2) is 48.2 Å². The first-order valence-electron chi connectivity index (χ1n) is 8.21. The molecular weight excluding hydrogens is 400 g/mol. The maximum atomic E-state index is 13.9. The maximum absolute atomic E-state index is 13.9. The van der Waals surface area contributed by atoms with Crippen molar-refractivity contribution in [3.05, 3.63) is 29.1 Å². The molecule has 2 amide bonds. The standard InChI is InChI=1S/C18H16F4N2O5/c1-17(5-3-7-24(17)16(27)28)6-4-11-12(14(25)29-2)8-10(19)9-13(11)23-15(26)18(20,21)22/h8-9H,3,5,7H2,1-2H3,(H,23,26)(H,27,28)/p-1. The molecule has 1 N–H and O–H groups in total. The third-order valence-electron chi connectivity index (χ3n) is 4.33. The van der Waals surface area contributed by atoms with Gasteiger partial charge in [-0.25, -0.2) is 9.18 Å². The summed E-state index contributed by atoms with van der Waals surface area (Å²) >= 11 is 0. The van der Waals surface area contributed by atoms with Gasteiger partial charge in [0.05, 0.1) is 29.5 Å². The summed E-state index contributed by atoms with van der Waals surface area (Å²) in [7, 11) is 0.967. The van der Waals surface area contributed by atoms with E-state index in [1.165, 1.54) is 12.2 Å². The normalized spacial score (nSPS) is 18.6. The van der Waals surface area contributed by atoms with Crippen LogP contribution in [-0.2, 0) is 9.53 Å². The lowest BCUT2D eigenvalue weighted by Gasteiger charge is -2.32. The molecule has 0 aliphatic carbocycles. The van der Waals surface area contributed by atoms with Crippen molar-refractivity contribution < 1.29 is 41.8 Å². The number of rotatable bonds is 2. The molecule has 156 valence electrons. The first-order valence-corrected chi connectivity index (χ1v) is 8.21. The Bertz CT molecular complexity index is 919. The van der Waals surface area contributed by atoms with E-state index in [0.29, 0.717) is 25.0 Å². The van der Waals surface area contributed by atoms with E-state index in [2.05, 4.69) is 16.6 Å². The van der Waals surface area contributed by atoms with Crippen molar-refractivity contribution in [1.29, 1.82) is 0 Å². The zero-order chi connectivity index (χ0) is 22.0. The minimum Gasteiger partial charge on any atom is -0.530 e. The highest BCUT2D eigenvalue weighted by atomic mass is 19.4. The Kier molecular flexibility index (Phi) is 6.06. The number of anilines is 1. The topological polar surface area (TPSA) is 98.8 Å². The number of likely N-dealkylation sites (tertiary alicyclic amines) is 1. The number of nitrogens with one attached hydrogen (secondary N) is 1. The Morgan fingerprint density at radius 2 is 1.97 bits per heavy atom. The summed E-state index contributed by atoms with van der Waals surface area (Å²) in [5, 5.41) is 12.7. The maximum Gasteiger partial charge on any atom is 0.471 e. The van der Waals surface area contributed by atoms with Crippen LogP contribution in [0.5, 0.6) is 0 Å². The van der Waals surface area contributed by atoms with Gasteiger partial charge in [0.25, 0.3) is 0 Å². The molecule has 1 atom stereocenters. The molecule has 0 saturated carbocycles. The smallest absolute Gasteiger partial charge is 0.471 e. The van der Waals surface area contributed by atoms with E-state index in [1.54, 1.807) is 0 Å². The van der Waals surface area contributed by atoms with Crippen LogP contribution in [0.25, 0.3) is 0 Å². The molecular formula is C18H15F4N2O5-. The number of carboxylic acid groups (broad SMARTS) is 1. The lowest BCUT2D eigenvalue weighted by Crippen LogP contribution is -2.50. The van der Waals surface area contributed by atoms with Crippen LogP contribution < -0.4 is 10.4 Å². The van der Waals surface area contributed by atoms with E-state index in [4.69, 9.17) is 0 Å². The molecule has 0 aromatic heterocycles. The third kappa shape index (κ3) is 4.77. The van der Waals surface area contributed by atoms with E-state index in [0.717, 1.165) is 12.0 Å². The average molecular weight is 415 g/mol. The number of carbonyl (C=O) groups excluding carboxylic acids is 3. The van der Waals surface area contributed by atoms with Gasteiger partial charge < -0.3 is 24.9 Å². The Labute approximate surface area is 162 Å². The summed E-state index contributed by atoms with van der Waals surface area (Å²) < 4.78 is 56.2. The highest BCUT2D eigenvalue weighted by molar-refractivity contribution is 6.00. The van der Waals surface area contributed by atoms with E-state index in [9.17, 15) is 37.1 Å². The van der Waals surface area contributed by atoms with E-state index in [-0.39, 0.29) is 6.54 Å².